The number of H-pyrrole nitrogens is 1. The lowest BCUT2D eigenvalue weighted by Gasteiger charge is -2.23. The zero-order chi connectivity index (χ0) is 18.0. The number of nitrogens with one attached hydrogen (secondary N) is 2. The van der Waals surface area contributed by atoms with Crippen LogP contribution in [0.5, 0.6) is 0 Å². The molecule has 138 valence electrons. The van der Waals surface area contributed by atoms with Crippen molar-refractivity contribution in [3.63, 3.8) is 0 Å². The second-order valence-electron chi connectivity index (χ2n) is 7.96. The highest BCUT2D eigenvalue weighted by Crippen LogP contribution is 2.34. The quantitative estimate of drug-likeness (QED) is 0.880. The van der Waals surface area contributed by atoms with E-state index in [-0.39, 0.29) is 23.8 Å². The van der Waals surface area contributed by atoms with Crippen LogP contribution < -0.4 is 5.32 Å². The van der Waals surface area contributed by atoms with Gasteiger partial charge in [-0.25, -0.2) is 0 Å². The minimum absolute atomic E-state index is 0.0313. The predicted octanol–water partition coefficient (Wildman–Crippen LogP) is 2.69. The van der Waals surface area contributed by atoms with Gasteiger partial charge in [0.15, 0.2) is 0 Å². The molecular weight excluding hydrogens is 316 g/mol. The van der Waals surface area contributed by atoms with Gasteiger partial charge in [0, 0.05) is 31.8 Å². The topological polar surface area (TPSA) is 78.1 Å². The summed E-state index contributed by atoms with van der Waals surface area (Å²) in [6.45, 7) is 7.12. The van der Waals surface area contributed by atoms with E-state index >= 15 is 0 Å². The molecule has 2 atom stereocenters. The van der Waals surface area contributed by atoms with Crippen LogP contribution in [0.4, 0.5) is 0 Å². The number of aromatic amines is 1. The third kappa shape index (κ3) is 3.88. The Morgan fingerprint density at radius 1 is 1.24 bits per heavy atom. The Morgan fingerprint density at radius 2 is 1.96 bits per heavy atom. The fourth-order valence-electron chi connectivity index (χ4n) is 4.42. The number of hydrogen-bond donors (Lipinski definition) is 2. The Morgan fingerprint density at radius 3 is 2.60 bits per heavy atom. The summed E-state index contributed by atoms with van der Waals surface area (Å²) in [5.74, 6) is 1.14. The molecule has 1 saturated heterocycles. The minimum atomic E-state index is -0.0313. The van der Waals surface area contributed by atoms with Crippen LogP contribution in [0.2, 0.25) is 0 Å². The van der Waals surface area contributed by atoms with Gasteiger partial charge in [-0.3, -0.25) is 14.7 Å². The molecule has 6 heteroatoms. The van der Waals surface area contributed by atoms with E-state index in [2.05, 4.69) is 29.4 Å². The summed E-state index contributed by atoms with van der Waals surface area (Å²) in [4.78, 5) is 26.5. The van der Waals surface area contributed by atoms with E-state index in [0.29, 0.717) is 24.9 Å². The molecule has 0 radical (unpaired) electrons. The fraction of sp³-hybridized carbons (Fsp3) is 0.737. The van der Waals surface area contributed by atoms with Gasteiger partial charge in [0.2, 0.25) is 5.91 Å². The first-order valence-electron chi connectivity index (χ1n) is 9.57. The maximum atomic E-state index is 13.1. The van der Waals surface area contributed by atoms with E-state index in [4.69, 9.17) is 0 Å². The number of carbonyl (C=O) groups excluding carboxylic acids is 2. The van der Waals surface area contributed by atoms with Gasteiger partial charge < -0.3 is 10.2 Å². The van der Waals surface area contributed by atoms with E-state index in [1.54, 1.807) is 13.1 Å². The first-order valence-corrected chi connectivity index (χ1v) is 9.57. The maximum absolute atomic E-state index is 13.1. The first kappa shape index (κ1) is 18.0. The summed E-state index contributed by atoms with van der Waals surface area (Å²) >= 11 is 0. The molecule has 6 nitrogen and oxygen atoms in total. The molecule has 0 aromatic carbocycles. The maximum Gasteiger partial charge on any atom is 0.257 e. The second-order valence-corrected chi connectivity index (χ2v) is 7.96. The van der Waals surface area contributed by atoms with E-state index in [1.807, 2.05) is 4.90 Å². The Hall–Kier alpha value is -1.85. The Bertz CT molecular complexity index is 619. The van der Waals surface area contributed by atoms with Crippen LogP contribution in [0.15, 0.2) is 6.20 Å². The highest BCUT2D eigenvalue weighted by Gasteiger charge is 2.38. The third-order valence-electron chi connectivity index (χ3n) is 5.81. The zero-order valence-electron chi connectivity index (χ0n) is 15.5. The van der Waals surface area contributed by atoms with Crippen molar-refractivity contribution in [2.45, 2.75) is 64.8 Å². The van der Waals surface area contributed by atoms with Gasteiger partial charge in [0.25, 0.3) is 5.91 Å². The van der Waals surface area contributed by atoms with Gasteiger partial charge in [-0.15, -0.1) is 0 Å². The van der Waals surface area contributed by atoms with Gasteiger partial charge >= 0.3 is 0 Å². The summed E-state index contributed by atoms with van der Waals surface area (Å²) in [6.07, 6.45) is 7.68. The monoisotopic (exact) mass is 346 g/mol. The van der Waals surface area contributed by atoms with Crippen LogP contribution in [-0.2, 0) is 4.79 Å². The van der Waals surface area contributed by atoms with Crippen LogP contribution in [-0.4, -0.2) is 46.0 Å². The van der Waals surface area contributed by atoms with Crippen LogP contribution >= 0.6 is 0 Å². The Balaban J connectivity index is 1.75. The lowest BCUT2D eigenvalue weighted by Crippen LogP contribution is -2.41. The molecule has 2 N–H and O–H groups in total. The lowest BCUT2D eigenvalue weighted by molar-refractivity contribution is -0.119. The van der Waals surface area contributed by atoms with Crippen LogP contribution in [0, 0.1) is 11.8 Å². The van der Waals surface area contributed by atoms with Crippen molar-refractivity contribution in [3.8, 4) is 0 Å². The second kappa shape index (κ2) is 7.58. The highest BCUT2D eigenvalue weighted by atomic mass is 16.2. The number of amides is 2. The van der Waals surface area contributed by atoms with Crippen LogP contribution in [0.1, 0.15) is 74.8 Å². The molecule has 2 aliphatic rings. The predicted molar refractivity (Wildman–Crippen MR) is 96.2 cm³/mol. The summed E-state index contributed by atoms with van der Waals surface area (Å²) in [5, 5.41) is 10.3. The minimum Gasteiger partial charge on any atom is -0.351 e. The van der Waals surface area contributed by atoms with Gasteiger partial charge in [-0.2, -0.15) is 5.10 Å². The Labute approximate surface area is 149 Å². The van der Waals surface area contributed by atoms with Crippen molar-refractivity contribution in [2.75, 3.05) is 13.1 Å². The van der Waals surface area contributed by atoms with Crippen LogP contribution in [0.25, 0.3) is 0 Å². The van der Waals surface area contributed by atoms with E-state index < -0.39 is 0 Å². The molecule has 2 heterocycles. The largest absolute Gasteiger partial charge is 0.351 e. The molecule has 25 heavy (non-hydrogen) atoms. The smallest absolute Gasteiger partial charge is 0.257 e. The van der Waals surface area contributed by atoms with Gasteiger partial charge in [0.1, 0.15) is 0 Å². The summed E-state index contributed by atoms with van der Waals surface area (Å²) < 4.78 is 0. The number of nitrogens with zero attached hydrogens (tertiary/aromatic N) is 2. The molecule has 1 aromatic heterocycles. The Kier molecular flexibility index (Phi) is 5.45. The molecule has 0 bridgehead atoms. The molecule has 0 spiro atoms. The van der Waals surface area contributed by atoms with E-state index in [0.717, 1.165) is 24.1 Å². The number of hydrogen-bond acceptors (Lipinski definition) is 3. The highest BCUT2D eigenvalue weighted by molar-refractivity contribution is 5.95. The third-order valence-corrected chi connectivity index (χ3v) is 5.81. The number of likely N-dealkylation sites (tertiary alicyclic amines) is 1. The summed E-state index contributed by atoms with van der Waals surface area (Å²) in [5.41, 5.74) is 1.73. The van der Waals surface area contributed by atoms with Crippen molar-refractivity contribution in [3.05, 3.63) is 17.5 Å². The molecule has 1 saturated carbocycles. The summed E-state index contributed by atoms with van der Waals surface area (Å²) in [6, 6.07) is 0.0338. The molecule has 0 unspecified atom stereocenters. The first-order chi connectivity index (χ1) is 12.0. The normalized spacial score (nSPS) is 24.7. The van der Waals surface area contributed by atoms with Crippen molar-refractivity contribution in [2.24, 2.45) is 11.8 Å². The molecule has 1 aromatic rings. The van der Waals surface area contributed by atoms with E-state index in [1.165, 1.54) is 19.3 Å². The molecule has 1 aliphatic carbocycles. The van der Waals surface area contributed by atoms with Crippen molar-refractivity contribution in [1.29, 1.82) is 0 Å². The fourth-order valence-corrected chi connectivity index (χ4v) is 4.42. The molecule has 2 amide bonds. The molecule has 2 fully saturated rings. The van der Waals surface area contributed by atoms with Gasteiger partial charge in [-0.1, -0.05) is 33.1 Å². The summed E-state index contributed by atoms with van der Waals surface area (Å²) in [7, 11) is 0. The average molecular weight is 346 g/mol. The van der Waals surface area contributed by atoms with Gasteiger partial charge in [0.05, 0.1) is 23.5 Å². The SMILES string of the molecule is CC(=O)N[C@@H]1CN(C(=O)c2cn[nH]c2C2CCCCC2)C[C@H]1C(C)C. The van der Waals surface area contributed by atoms with E-state index in [9.17, 15) is 9.59 Å². The number of aromatic nitrogens is 2. The zero-order valence-corrected chi connectivity index (χ0v) is 15.5. The lowest BCUT2D eigenvalue weighted by atomic mass is 9.85. The molecular formula is C19H30N4O2. The number of rotatable bonds is 4. The standard InChI is InChI=1S/C19H30N4O2/c1-12(2)16-10-23(11-17(16)21-13(3)24)19(25)15-9-20-22-18(15)14-7-5-4-6-8-14/h9,12,14,16-17H,4-8,10-11H2,1-3H3,(H,20,22)(H,21,24)/t16-,17+/m0/s1. The van der Waals surface area contributed by atoms with Crippen molar-refractivity contribution < 1.29 is 9.59 Å². The van der Waals surface area contributed by atoms with Crippen LogP contribution in [0.3, 0.4) is 0 Å². The average Bonchev–Trinajstić information content (AvgIpc) is 3.21. The molecule has 3 rings (SSSR count). The van der Waals surface area contributed by atoms with Gasteiger partial charge in [-0.05, 0) is 18.8 Å². The van der Waals surface area contributed by atoms with Crippen molar-refractivity contribution >= 4 is 11.8 Å². The molecule has 1 aliphatic heterocycles. The number of carbonyl (C=O) groups is 2. The van der Waals surface area contributed by atoms with Crippen molar-refractivity contribution in [1.82, 2.24) is 20.4 Å².